The molecule has 0 amide bonds. The van der Waals surface area contributed by atoms with Crippen LogP contribution in [0.15, 0.2) is 34.9 Å². The molecule has 2 aromatic rings. The lowest BCUT2D eigenvalue weighted by Crippen LogP contribution is -1.99. The summed E-state index contributed by atoms with van der Waals surface area (Å²) in [5, 5.41) is 8.70. The molecule has 0 radical (unpaired) electrons. The summed E-state index contributed by atoms with van der Waals surface area (Å²) in [6.07, 6.45) is 1.30. The fraction of sp³-hybridized carbons (Fsp3) is 0. The van der Waals surface area contributed by atoms with Gasteiger partial charge in [-0.2, -0.15) is 0 Å². The van der Waals surface area contributed by atoms with Gasteiger partial charge in [-0.3, -0.25) is 0 Å². The average Bonchev–Trinajstić information content (AvgIpc) is 2.36. The van der Waals surface area contributed by atoms with E-state index in [1.165, 1.54) is 18.3 Å². The van der Waals surface area contributed by atoms with Gasteiger partial charge in [0.25, 0.3) is 0 Å². The van der Waals surface area contributed by atoms with Crippen LogP contribution in [-0.4, -0.2) is 16.1 Å². The van der Waals surface area contributed by atoms with Crippen LogP contribution in [0.1, 0.15) is 10.5 Å². The number of carboxylic acids is 1. The topological polar surface area (TPSA) is 50.2 Å². The first-order valence-corrected chi connectivity index (χ1v) is 6.01. The monoisotopic (exact) mass is 329 g/mol. The van der Waals surface area contributed by atoms with Gasteiger partial charge in [-0.05, 0) is 28.1 Å². The molecular weight excluding hydrogens is 324 g/mol. The van der Waals surface area contributed by atoms with Crippen LogP contribution in [0.3, 0.4) is 0 Å². The molecule has 0 saturated heterocycles. The lowest BCUT2D eigenvalue weighted by molar-refractivity contribution is 0.0690. The Labute approximate surface area is 115 Å². The summed E-state index contributed by atoms with van der Waals surface area (Å²) >= 11 is 8.90. The van der Waals surface area contributed by atoms with E-state index < -0.39 is 11.8 Å². The first kappa shape index (κ1) is 13.0. The van der Waals surface area contributed by atoms with E-state index in [1.807, 2.05) is 0 Å². The van der Waals surface area contributed by atoms with E-state index in [1.54, 1.807) is 12.1 Å². The zero-order chi connectivity index (χ0) is 13.3. The van der Waals surface area contributed by atoms with Crippen molar-refractivity contribution in [2.75, 3.05) is 0 Å². The van der Waals surface area contributed by atoms with Crippen LogP contribution < -0.4 is 0 Å². The number of carboxylic acid groups (broad SMARTS) is 1. The van der Waals surface area contributed by atoms with Crippen molar-refractivity contribution in [1.82, 2.24) is 4.98 Å². The molecule has 92 valence electrons. The van der Waals surface area contributed by atoms with Gasteiger partial charge in [0.1, 0.15) is 5.69 Å². The Kier molecular flexibility index (Phi) is 3.63. The highest BCUT2D eigenvalue weighted by Gasteiger charge is 2.13. The molecule has 0 unspecified atom stereocenters. The van der Waals surface area contributed by atoms with E-state index in [0.717, 1.165) is 0 Å². The molecule has 1 heterocycles. The summed E-state index contributed by atoms with van der Waals surface area (Å²) in [6, 6.07) is 5.96. The number of carbonyl (C=O) groups is 1. The third kappa shape index (κ3) is 2.37. The van der Waals surface area contributed by atoms with Gasteiger partial charge < -0.3 is 5.11 Å². The maximum Gasteiger partial charge on any atom is 0.354 e. The van der Waals surface area contributed by atoms with Crippen molar-refractivity contribution in [2.24, 2.45) is 0 Å². The number of nitrogens with zero attached hydrogens (tertiary/aromatic N) is 1. The third-order valence-corrected chi connectivity index (χ3v) is 3.59. The van der Waals surface area contributed by atoms with E-state index in [-0.39, 0.29) is 16.3 Å². The Bertz CT molecular complexity index is 616. The highest BCUT2D eigenvalue weighted by Crippen LogP contribution is 2.32. The van der Waals surface area contributed by atoms with Crippen LogP contribution in [0.25, 0.3) is 11.1 Å². The van der Waals surface area contributed by atoms with Gasteiger partial charge in [0, 0.05) is 21.8 Å². The van der Waals surface area contributed by atoms with Crippen LogP contribution in [0.2, 0.25) is 5.02 Å². The molecule has 2 rings (SSSR count). The Balaban J connectivity index is 2.49. The summed E-state index contributed by atoms with van der Waals surface area (Å²) in [5.41, 5.74) is 0.641. The summed E-state index contributed by atoms with van der Waals surface area (Å²) < 4.78 is 14.4. The van der Waals surface area contributed by atoms with Gasteiger partial charge in [-0.25, -0.2) is 14.2 Å². The Morgan fingerprint density at radius 2 is 2.06 bits per heavy atom. The number of hydrogen-bond acceptors (Lipinski definition) is 2. The predicted octanol–water partition coefficient (Wildman–Crippen LogP) is 4.00. The van der Waals surface area contributed by atoms with Crippen molar-refractivity contribution >= 4 is 33.5 Å². The minimum Gasteiger partial charge on any atom is -0.477 e. The molecule has 6 heteroatoms. The minimum atomic E-state index is -1.13. The second-order valence-corrected chi connectivity index (χ2v) is 4.69. The summed E-state index contributed by atoms with van der Waals surface area (Å²) in [7, 11) is 0. The van der Waals surface area contributed by atoms with Gasteiger partial charge in [-0.1, -0.05) is 23.7 Å². The van der Waals surface area contributed by atoms with Crippen LogP contribution in [0, 0.1) is 5.82 Å². The van der Waals surface area contributed by atoms with E-state index in [0.29, 0.717) is 10.0 Å². The maximum absolute atomic E-state index is 13.9. The minimum absolute atomic E-state index is 0.0187. The van der Waals surface area contributed by atoms with Gasteiger partial charge >= 0.3 is 5.97 Å². The normalized spacial score (nSPS) is 10.4. The number of aromatic carboxylic acids is 1. The quantitative estimate of drug-likeness (QED) is 0.847. The number of rotatable bonds is 2. The lowest BCUT2D eigenvalue weighted by Gasteiger charge is -2.06. The molecule has 1 N–H and O–H groups in total. The highest BCUT2D eigenvalue weighted by atomic mass is 79.9. The fourth-order valence-corrected chi connectivity index (χ4v) is 1.90. The molecule has 3 nitrogen and oxygen atoms in total. The van der Waals surface area contributed by atoms with Gasteiger partial charge in [0.2, 0.25) is 0 Å². The summed E-state index contributed by atoms with van der Waals surface area (Å²) in [6.45, 7) is 0. The van der Waals surface area contributed by atoms with Crippen LogP contribution in [0.5, 0.6) is 0 Å². The van der Waals surface area contributed by atoms with Crippen molar-refractivity contribution in [3.63, 3.8) is 0 Å². The van der Waals surface area contributed by atoms with Gasteiger partial charge in [0.15, 0.2) is 5.82 Å². The zero-order valence-corrected chi connectivity index (χ0v) is 11.2. The zero-order valence-electron chi connectivity index (χ0n) is 8.82. The van der Waals surface area contributed by atoms with Crippen LogP contribution in [0.4, 0.5) is 4.39 Å². The van der Waals surface area contributed by atoms with Crippen molar-refractivity contribution in [2.45, 2.75) is 0 Å². The van der Waals surface area contributed by atoms with E-state index >= 15 is 0 Å². The van der Waals surface area contributed by atoms with Gasteiger partial charge in [0.05, 0.1) is 5.02 Å². The number of pyridine rings is 1. The number of hydrogen-bond donors (Lipinski definition) is 1. The molecule has 1 aromatic carbocycles. The molecule has 0 saturated carbocycles. The molecule has 0 spiro atoms. The maximum atomic E-state index is 13.9. The molecule has 0 bridgehead atoms. The third-order valence-electron chi connectivity index (χ3n) is 2.33. The molecule has 0 atom stereocenters. The Morgan fingerprint density at radius 1 is 1.33 bits per heavy atom. The van der Waals surface area contributed by atoms with Crippen LogP contribution >= 0.6 is 27.5 Å². The molecule has 0 fully saturated rings. The standard InChI is InChI=1S/C12H6BrClFNO2/c13-8-3-2-7(11(15)10(8)14)6-1-4-9(12(17)18)16-5-6/h1-5H,(H,17,18). The molecule has 1 aromatic heterocycles. The first-order chi connectivity index (χ1) is 8.50. The highest BCUT2D eigenvalue weighted by molar-refractivity contribution is 9.10. The fourth-order valence-electron chi connectivity index (χ4n) is 1.43. The second-order valence-electron chi connectivity index (χ2n) is 3.46. The number of aromatic nitrogens is 1. The summed E-state index contributed by atoms with van der Waals surface area (Å²) in [5.74, 6) is -1.70. The second kappa shape index (κ2) is 5.04. The van der Waals surface area contributed by atoms with E-state index in [2.05, 4.69) is 20.9 Å². The molecule has 0 aliphatic carbocycles. The SMILES string of the molecule is O=C(O)c1ccc(-c2ccc(Br)c(Cl)c2F)cn1. The van der Waals surface area contributed by atoms with Crippen molar-refractivity contribution in [3.8, 4) is 11.1 Å². The van der Waals surface area contributed by atoms with E-state index in [9.17, 15) is 9.18 Å². The smallest absolute Gasteiger partial charge is 0.354 e. The summed E-state index contributed by atoms with van der Waals surface area (Å²) in [4.78, 5) is 14.4. The Morgan fingerprint density at radius 3 is 2.61 bits per heavy atom. The lowest BCUT2D eigenvalue weighted by atomic mass is 10.1. The van der Waals surface area contributed by atoms with Crippen molar-refractivity contribution in [3.05, 3.63) is 51.5 Å². The number of halogens is 3. The van der Waals surface area contributed by atoms with Crippen molar-refractivity contribution < 1.29 is 14.3 Å². The molecular formula is C12H6BrClFNO2. The predicted molar refractivity (Wildman–Crippen MR) is 69.3 cm³/mol. The van der Waals surface area contributed by atoms with E-state index in [4.69, 9.17) is 16.7 Å². The largest absolute Gasteiger partial charge is 0.477 e. The molecule has 18 heavy (non-hydrogen) atoms. The average molecular weight is 331 g/mol. The van der Waals surface area contributed by atoms with Gasteiger partial charge in [-0.15, -0.1) is 0 Å². The number of benzene rings is 1. The first-order valence-electron chi connectivity index (χ1n) is 4.84. The molecule has 0 aliphatic rings. The molecule has 0 aliphatic heterocycles. The Hall–Kier alpha value is -1.46. The van der Waals surface area contributed by atoms with Crippen LogP contribution in [-0.2, 0) is 0 Å². The van der Waals surface area contributed by atoms with Crippen molar-refractivity contribution in [1.29, 1.82) is 0 Å².